The van der Waals surface area contributed by atoms with Gasteiger partial charge in [0.15, 0.2) is 0 Å². The first-order valence-electron chi connectivity index (χ1n) is 7.79. The lowest BCUT2D eigenvalue weighted by molar-refractivity contribution is -0.144. The van der Waals surface area contributed by atoms with E-state index in [4.69, 9.17) is 0 Å². The number of aliphatic carboxylic acids is 1. The normalized spacial score (nSPS) is 13.2. The monoisotopic (exact) mass is 272 g/mol. The Hall–Kier alpha value is -0.610. The number of rotatable bonds is 12. The van der Waals surface area contributed by atoms with E-state index in [0.29, 0.717) is 6.54 Å². The van der Waals surface area contributed by atoms with E-state index in [-0.39, 0.29) is 6.04 Å². The summed E-state index contributed by atoms with van der Waals surface area (Å²) in [5.74, 6) is -0.681. The molecule has 0 bridgehead atoms. The van der Waals surface area contributed by atoms with Gasteiger partial charge >= 0.3 is 5.97 Å². The van der Waals surface area contributed by atoms with Crippen molar-refractivity contribution < 1.29 is 9.90 Å². The van der Waals surface area contributed by atoms with Crippen molar-refractivity contribution in [1.29, 1.82) is 0 Å². The lowest BCUT2D eigenvalue weighted by Crippen LogP contribution is -2.49. The lowest BCUT2D eigenvalue weighted by Gasteiger charge is -2.32. The zero-order valence-electron chi connectivity index (χ0n) is 13.2. The second-order valence-electron chi connectivity index (χ2n) is 5.19. The van der Waals surface area contributed by atoms with Gasteiger partial charge in [0.1, 0.15) is 6.04 Å². The Labute approximate surface area is 118 Å². The summed E-state index contributed by atoms with van der Waals surface area (Å²) in [5.41, 5.74) is 0. The van der Waals surface area contributed by atoms with Crippen molar-refractivity contribution >= 4 is 5.97 Å². The summed E-state index contributed by atoms with van der Waals surface area (Å²) in [6.07, 6.45) is 4.17. The van der Waals surface area contributed by atoms with Gasteiger partial charge < -0.3 is 10.0 Å². The Morgan fingerprint density at radius 2 is 1.32 bits per heavy atom. The van der Waals surface area contributed by atoms with Gasteiger partial charge in [-0.1, -0.05) is 27.7 Å². The van der Waals surface area contributed by atoms with Crippen LogP contribution in [0, 0.1) is 0 Å². The molecule has 0 aliphatic rings. The number of carboxylic acids is 1. The zero-order chi connectivity index (χ0) is 14.7. The summed E-state index contributed by atoms with van der Waals surface area (Å²) >= 11 is 0. The summed E-state index contributed by atoms with van der Waals surface area (Å²) in [6, 6.07) is -0.363. The molecule has 0 aliphatic carbocycles. The first kappa shape index (κ1) is 18.4. The maximum Gasteiger partial charge on any atom is 0.322 e. The lowest BCUT2D eigenvalue weighted by atomic mass is 10.2. The quantitative estimate of drug-likeness (QED) is 0.593. The summed E-state index contributed by atoms with van der Waals surface area (Å²) in [4.78, 5) is 16.0. The smallest absolute Gasteiger partial charge is 0.322 e. The van der Waals surface area contributed by atoms with Crippen LogP contribution in [0.5, 0.6) is 0 Å². The van der Waals surface area contributed by atoms with Gasteiger partial charge in [0.05, 0.1) is 0 Å². The van der Waals surface area contributed by atoms with Crippen LogP contribution in [-0.4, -0.2) is 59.6 Å². The highest BCUT2D eigenvalue weighted by atomic mass is 16.4. The highest BCUT2D eigenvalue weighted by Crippen LogP contribution is 2.07. The van der Waals surface area contributed by atoms with Crippen LogP contribution in [0.3, 0.4) is 0 Å². The van der Waals surface area contributed by atoms with Crippen molar-refractivity contribution in [2.24, 2.45) is 0 Å². The summed E-state index contributed by atoms with van der Waals surface area (Å²) < 4.78 is 0. The Balaban J connectivity index is 4.69. The van der Waals surface area contributed by atoms with Gasteiger partial charge in [0.2, 0.25) is 0 Å². The minimum absolute atomic E-state index is 0.363. The van der Waals surface area contributed by atoms with Crippen LogP contribution in [0.25, 0.3) is 0 Å². The molecule has 1 atom stereocenters. The summed E-state index contributed by atoms with van der Waals surface area (Å²) in [6.45, 7) is 12.9. The Bertz CT molecular complexity index is 222. The van der Waals surface area contributed by atoms with Gasteiger partial charge in [-0.15, -0.1) is 0 Å². The van der Waals surface area contributed by atoms with E-state index in [1.807, 2.05) is 0 Å². The minimum Gasteiger partial charge on any atom is -0.480 e. The molecule has 114 valence electrons. The molecule has 0 spiro atoms. The van der Waals surface area contributed by atoms with Gasteiger partial charge in [0, 0.05) is 6.54 Å². The maximum absolute atomic E-state index is 11.6. The van der Waals surface area contributed by atoms with E-state index >= 15 is 0 Å². The Kier molecular flexibility index (Phi) is 10.9. The highest BCUT2D eigenvalue weighted by Gasteiger charge is 2.26. The fraction of sp³-hybridized carbons (Fsp3) is 0.933. The number of carboxylic acid groups (broad SMARTS) is 1. The molecule has 1 unspecified atom stereocenters. The predicted molar refractivity (Wildman–Crippen MR) is 80.6 cm³/mol. The molecule has 0 saturated carbocycles. The Morgan fingerprint density at radius 3 is 1.63 bits per heavy atom. The molecular formula is C15H32N2O2. The van der Waals surface area contributed by atoms with E-state index in [2.05, 4.69) is 37.5 Å². The first-order valence-corrected chi connectivity index (χ1v) is 7.79. The molecule has 0 aromatic carbocycles. The molecule has 1 N–H and O–H groups in total. The van der Waals surface area contributed by atoms with Gasteiger partial charge in [-0.25, -0.2) is 0 Å². The molecule has 0 amide bonds. The topological polar surface area (TPSA) is 43.8 Å². The van der Waals surface area contributed by atoms with Crippen LogP contribution in [0.2, 0.25) is 0 Å². The molecule has 0 aliphatic heterocycles. The third-order valence-corrected chi connectivity index (χ3v) is 3.26. The predicted octanol–water partition coefficient (Wildman–Crippen LogP) is 2.68. The standard InChI is InChI=1S/C15H32N2O2/c1-5-9-16(10-6-2)13-14(15(18)19)17(11-7-3)12-8-4/h14H,5-13H2,1-4H3,(H,18,19). The second kappa shape index (κ2) is 11.2. The van der Waals surface area contributed by atoms with Crippen molar-refractivity contribution in [1.82, 2.24) is 9.80 Å². The fourth-order valence-corrected chi connectivity index (χ4v) is 2.52. The molecule has 0 rings (SSSR count). The summed E-state index contributed by atoms with van der Waals surface area (Å²) in [5, 5.41) is 9.51. The van der Waals surface area contributed by atoms with E-state index in [0.717, 1.165) is 51.9 Å². The second-order valence-corrected chi connectivity index (χ2v) is 5.19. The molecule has 0 fully saturated rings. The number of hydrogen-bond acceptors (Lipinski definition) is 3. The van der Waals surface area contributed by atoms with Crippen molar-refractivity contribution in [2.75, 3.05) is 32.7 Å². The van der Waals surface area contributed by atoms with E-state index in [9.17, 15) is 9.90 Å². The van der Waals surface area contributed by atoms with Crippen molar-refractivity contribution in [3.8, 4) is 0 Å². The van der Waals surface area contributed by atoms with E-state index in [1.54, 1.807) is 0 Å². The maximum atomic E-state index is 11.6. The van der Waals surface area contributed by atoms with Gasteiger partial charge in [-0.3, -0.25) is 9.69 Å². The fourth-order valence-electron chi connectivity index (χ4n) is 2.52. The van der Waals surface area contributed by atoms with Crippen LogP contribution in [0.15, 0.2) is 0 Å². The SMILES string of the molecule is CCCN(CCC)CC(C(=O)O)N(CCC)CCC. The average Bonchev–Trinajstić information content (AvgIpc) is 2.36. The third-order valence-electron chi connectivity index (χ3n) is 3.26. The molecule has 0 aromatic rings. The molecule has 4 heteroatoms. The van der Waals surface area contributed by atoms with E-state index < -0.39 is 5.97 Å². The van der Waals surface area contributed by atoms with E-state index in [1.165, 1.54) is 0 Å². The molecular weight excluding hydrogens is 240 g/mol. The number of carbonyl (C=O) groups is 1. The summed E-state index contributed by atoms with van der Waals surface area (Å²) in [7, 11) is 0. The Morgan fingerprint density at radius 1 is 0.895 bits per heavy atom. The van der Waals surface area contributed by atoms with Crippen LogP contribution in [-0.2, 0) is 4.79 Å². The number of hydrogen-bond donors (Lipinski definition) is 1. The molecule has 19 heavy (non-hydrogen) atoms. The van der Waals surface area contributed by atoms with Gasteiger partial charge in [0.25, 0.3) is 0 Å². The highest BCUT2D eigenvalue weighted by molar-refractivity contribution is 5.73. The molecule has 0 heterocycles. The van der Waals surface area contributed by atoms with Crippen LogP contribution >= 0.6 is 0 Å². The number of nitrogens with zero attached hydrogens (tertiary/aromatic N) is 2. The van der Waals surface area contributed by atoms with Crippen molar-refractivity contribution in [3.63, 3.8) is 0 Å². The first-order chi connectivity index (χ1) is 9.10. The average molecular weight is 272 g/mol. The van der Waals surface area contributed by atoms with Gasteiger partial charge in [-0.2, -0.15) is 0 Å². The minimum atomic E-state index is -0.681. The molecule has 0 radical (unpaired) electrons. The largest absolute Gasteiger partial charge is 0.480 e. The molecule has 0 saturated heterocycles. The zero-order valence-corrected chi connectivity index (χ0v) is 13.2. The van der Waals surface area contributed by atoms with Gasteiger partial charge in [-0.05, 0) is 51.9 Å². The molecule has 0 aromatic heterocycles. The third kappa shape index (κ3) is 7.53. The van der Waals surface area contributed by atoms with Crippen LogP contribution in [0.4, 0.5) is 0 Å². The van der Waals surface area contributed by atoms with Crippen LogP contribution in [0.1, 0.15) is 53.4 Å². The van der Waals surface area contributed by atoms with Crippen molar-refractivity contribution in [3.05, 3.63) is 0 Å². The molecule has 4 nitrogen and oxygen atoms in total. The van der Waals surface area contributed by atoms with Crippen molar-refractivity contribution in [2.45, 2.75) is 59.4 Å². The van der Waals surface area contributed by atoms with Crippen LogP contribution < -0.4 is 0 Å².